The molecule has 0 bridgehead atoms. The Morgan fingerprint density at radius 3 is 1.87 bits per heavy atom. The van der Waals surface area contributed by atoms with Crippen LogP contribution in [0.3, 0.4) is 0 Å². The maximum atomic E-state index is 11.9. The summed E-state index contributed by atoms with van der Waals surface area (Å²) in [6.45, 7) is 12.5. The summed E-state index contributed by atoms with van der Waals surface area (Å²) >= 11 is 1.04. The van der Waals surface area contributed by atoms with E-state index < -0.39 is 0 Å². The van der Waals surface area contributed by atoms with Crippen molar-refractivity contribution in [2.24, 2.45) is 0 Å². The Morgan fingerprint density at radius 2 is 1.52 bits per heavy atom. The molecular formula is C18H25NO3S. The molecule has 1 aromatic rings. The number of imide groups is 1. The van der Waals surface area contributed by atoms with Gasteiger partial charge in [-0.1, -0.05) is 53.3 Å². The predicted octanol–water partition coefficient (Wildman–Crippen LogP) is 4.18. The van der Waals surface area contributed by atoms with Crippen molar-refractivity contribution in [1.29, 1.82) is 0 Å². The van der Waals surface area contributed by atoms with Crippen LogP contribution in [0, 0.1) is 0 Å². The smallest absolute Gasteiger partial charge is 0.289 e. The Balaban J connectivity index is 2.52. The molecule has 1 fully saturated rings. The minimum Gasteiger partial charge on any atom is -0.507 e. The van der Waals surface area contributed by atoms with Gasteiger partial charge in [0, 0.05) is 0 Å². The fourth-order valence-corrected chi connectivity index (χ4v) is 3.37. The van der Waals surface area contributed by atoms with Crippen LogP contribution in [0.25, 0.3) is 0 Å². The van der Waals surface area contributed by atoms with Gasteiger partial charge in [-0.15, -0.1) is 0 Å². The molecule has 23 heavy (non-hydrogen) atoms. The lowest BCUT2D eigenvalue weighted by molar-refractivity contribution is -0.125. The van der Waals surface area contributed by atoms with Crippen molar-refractivity contribution in [1.82, 2.24) is 4.90 Å². The fourth-order valence-electron chi connectivity index (χ4n) is 2.65. The normalized spacial score (nSPS) is 16.3. The van der Waals surface area contributed by atoms with E-state index in [0.717, 1.165) is 28.5 Å². The maximum absolute atomic E-state index is 11.9. The molecule has 1 N–H and O–H groups in total. The number of benzene rings is 1. The van der Waals surface area contributed by atoms with E-state index in [4.69, 9.17) is 0 Å². The van der Waals surface area contributed by atoms with Crippen LogP contribution < -0.4 is 0 Å². The number of rotatable bonds is 2. The third-order valence-corrected chi connectivity index (χ3v) is 4.83. The zero-order valence-electron chi connectivity index (χ0n) is 14.7. The predicted molar refractivity (Wildman–Crippen MR) is 93.9 cm³/mol. The van der Waals surface area contributed by atoms with Crippen molar-refractivity contribution in [3.63, 3.8) is 0 Å². The third kappa shape index (κ3) is 3.71. The first-order valence-corrected chi connectivity index (χ1v) is 8.74. The average molecular weight is 335 g/mol. The van der Waals surface area contributed by atoms with Crippen molar-refractivity contribution in [3.8, 4) is 5.75 Å². The topological polar surface area (TPSA) is 57.6 Å². The molecule has 2 rings (SSSR count). The summed E-state index contributed by atoms with van der Waals surface area (Å²) in [7, 11) is 0. The van der Waals surface area contributed by atoms with Crippen molar-refractivity contribution in [2.45, 2.75) is 58.9 Å². The Morgan fingerprint density at radius 1 is 1.04 bits per heavy atom. The molecule has 0 atom stereocenters. The van der Waals surface area contributed by atoms with Crippen molar-refractivity contribution >= 4 is 22.9 Å². The number of aromatic hydroxyl groups is 1. The summed E-state index contributed by atoms with van der Waals surface area (Å²) in [6, 6.07) is 3.82. The highest BCUT2D eigenvalue weighted by Crippen LogP contribution is 2.40. The number of hydrogen-bond donors (Lipinski definition) is 1. The molecule has 0 spiro atoms. The van der Waals surface area contributed by atoms with Crippen LogP contribution in [0.1, 0.15) is 58.2 Å². The van der Waals surface area contributed by atoms with Gasteiger partial charge >= 0.3 is 0 Å². The highest BCUT2D eigenvalue weighted by atomic mass is 32.2. The molecule has 4 nitrogen and oxygen atoms in total. The summed E-state index contributed by atoms with van der Waals surface area (Å²) in [5.74, 6) is 0.375. The van der Waals surface area contributed by atoms with E-state index in [0.29, 0.717) is 5.75 Å². The molecule has 0 saturated carbocycles. The minimum atomic E-state index is -0.228. The highest BCUT2D eigenvalue weighted by Gasteiger charge is 2.32. The molecule has 2 amide bonds. The number of amides is 2. The van der Waals surface area contributed by atoms with Gasteiger partial charge in [0.2, 0.25) is 5.91 Å². The van der Waals surface area contributed by atoms with Crippen LogP contribution >= 0.6 is 11.8 Å². The van der Waals surface area contributed by atoms with Gasteiger partial charge in [0.1, 0.15) is 5.75 Å². The number of thioether (sulfide) groups is 1. The number of hydrogen-bond acceptors (Lipinski definition) is 4. The molecule has 1 saturated heterocycles. The zero-order chi connectivity index (χ0) is 17.6. The summed E-state index contributed by atoms with van der Waals surface area (Å²) in [6.07, 6.45) is 0. The first kappa shape index (κ1) is 17.9. The molecule has 126 valence electrons. The van der Waals surface area contributed by atoms with E-state index >= 15 is 0 Å². The lowest BCUT2D eigenvalue weighted by Crippen LogP contribution is -2.28. The monoisotopic (exact) mass is 335 g/mol. The van der Waals surface area contributed by atoms with E-state index in [-0.39, 0.29) is 34.3 Å². The first-order chi connectivity index (χ1) is 10.4. The second-order valence-electron chi connectivity index (χ2n) is 8.07. The number of carbonyl (C=O) groups is 2. The average Bonchev–Trinajstić information content (AvgIpc) is 2.69. The number of phenolic OH excluding ortho intramolecular Hbond substituents is 1. The molecule has 5 heteroatoms. The van der Waals surface area contributed by atoms with Crippen LogP contribution in [-0.2, 0) is 22.2 Å². The summed E-state index contributed by atoms with van der Waals surface area (Å²) in [4.78, 5) is 25.0. The van der Waals surface area contributed by atoms with Crippen molar-refractivity contribution < 1.29 is 14.7 Å². The fraction of sp³-hybridized carbons (Fsp3) is 0.556. The lowest BCUT2D eigenvalue weighted by Gasteiger charge is -2.28. The number of nitrogens with zero attached hydrogens (tertiary/aromatic N) is 1. The van der Waals surface area contributed by atoms with Crippen LogP contribution in [0.5, 0.6) is 5.75 Å². The minimum absolute atomic E-state index is 0.150. The van der Waals surface area contributed by atoms with Gasteiger partial charge in [-0.3, -0.25) is 14.5 Å². The van der Waals surface area contributed by atoms with Gasteiger partial charge in [-0.05, 0) is 39.7 Å². The lowest BCUT2D eigenvalue weighted by atomic mass is 9.78. The van der Waals surface area contributed by atoms with E-state index in [1.54, 1.807) is 0 Å². The summed E-state index contributed by atoms with van der Waals surface area (Å²) < 4.78 is 0. The van der Waals surface area contributed by atoms with Crippen LogP contribution in [0.15, 0.2) is 12.1 Å². The zero-order valence-corrected chi connectivity index (χ0v) is 15.5. The maximum Gasteiger partial charge on any atom is 0.289 e. The highest BCUT2D eigenvalue weighted by molar-refractivity contribution is 8.14. The van der Waals surface area contributed by atoms with Crippen LogP contribution in [0.4, 0.5) is 4.79 Å². The largest absolute Gasteiger partial charge is 0.507 e. The molecular weight excluding hydrogens is 310 g/mol. The van der Waals surface area contributed by atoms with Crippen molar-refractivity contribution in [2.75, 3.05) is 5.75 Å². The van der Waals surface area contributed by atoms with Gasteiger partial charge in [0.05, 0.1) is 12.3 Å². The molecule has 0 radical (unpaired) electrons. The van der Waals surface area contributed by atoms with Gasteiger partial charge in [0.25, 0.3) is 5.24 Å². The van der Waals surface area contributed by atoms with E-state index in [9.17, 15) is 14.7 Å². The summed E-state index contributed by atoms with van der Waals surface area (Å²) in [5, 5.41) is 10.5. The molecule has 1 aliphatic rings. The Hall–Kier alpha value is -1.49. The summed E-state index contributed by atoms with van der Waals surface area (Å²) in [5.41, 5.74) is 2.10. The third-order valence-electron chi connectivity index (χ3n) is 3.97. The molecule has 1 aliphatic heterocycles. The Labute approximate surface area is 142 Å². The number of phenols is 1. The van der Waals surface area contributed by atoms with Crippen molar-refractivity contribution in [3.05, 3.63) is 28.8 Å². The molecule has 1 aromatic carbocycles. The van der Waals surface area contributed by atoms with Gasteiger partial charge in [0.15, 0.2) is 0 Å². The Bertz CT molecular complexity index is 602. The van der Waals surface area contributed by atoms with E-state index in [1.165, 1.54) is 4.90 Å². The molecule has 0 aromatic heterocycles. The SMILES string of the molecule is CC(C)(C)c1cc(CN2C(=O)CSC2=O)cc(C(C)(C)C)c1O. The van der Waals surface area contributed by atoms with E-state index in [2.05, 4.69) is 0 Å². The quantitative estimate of drug-likeness (QED) is 0.881. The van der Waals surface area contributed by atoms with Gasteiger partial charge < -0.3 is 5.11 Å². The number of carbonyl (C=O) groups excluding carboxylic acids is 2. The second-order valence-corrected chi connectivity index (χ2v) is 9.00. The Kier molecular flexibility index (Phi) is 4.55. The molecule has 1 heterocycles. The van der Waals surface area contributed by atoms with E-state index in [1.807, 2.05) is 53.7 Å². The standard InChI is InChI=1S/C18H25NO3S/c1-17(2,3)12-7-11(8-13(15(12)21)18(4,5)6)9-19-14(20)10-23-16(19)22/h7-8,21H,9-10H2,1-6H3. The molecule has 0 aliphatic carbocycles. The van der Waals surface area contributed by atoms with Crippen LogP contribution in [0.2, 0.25) is 0 Å². The van der Waals surface area contributed by atoms with Gasteiger partial charge in [-0.2, -0.15) is 0 Å². The second kappa shape index (κ2) is 5.86. The van der Waals surface area contributed by atoms with Gasteiger partial charge in [-0.25, -0.2) is 0 Å². The van der Waals surface area contributed by atoms with Crippen LogP contribution in [-0.4, -0.2) is 26.9 Å². The molecule has 0 unspecified atom stereocenters. The first-order valence-electron chi connectivity index (χ1n) is 7.75.